The summed E-state index contributed by atoms with van der Waals surface area (Å²) < 4.78 is 6.94. The monoisotopic (exact) mass is 307 g/mol. The van der Waals surface area contributed by atoms with E-state index in [1.165, 1.54) is 22.9 Å². The molecule has 0 bridgehead atoms. The molecule has 0 aliphatic carbocycles. The lowest BCUT2D eigenvalue weighted by Crippen LogP contribution is -2.17. The second kappa shape index (κ2) is 6.98. The van der Waals surface area contributed by atoms with Crippen molar-refractivity contribution < 1.29 is 4.74 Å². The molecule has 1 aromatic carbocycles. The van der Waals surface area contributed by atoms with E-state index in [0.717, 1.165) is 0 Å². The number of aryl methyl sites for hydroxylation is 2. The SMILES string of the molecule is CCc1[nH]n(CCC#N)c(=O)c1Oc1cc(C#N)cc(C#N)c1. The molecule has 0 atom stereocenters. The second-order valence-corrected chi connectivity index (χ2v) is 4.71. The molecule has 0 unspecified atom stereocenters. The Labute approximate surface area is 132 Å². The van der Waals surface area contributed by atoms with Gasteiger partial charge in [0.2, 0.25) is 5.75 Å². The minimum absolute atomic E-state index is 0.115. The van der Waals surface area contributed by atoms with Gasteiger partial charge in [-0.25, -0.2) is 4.68 Å². The van der Waals surface area contributed by atoms with Crippen LogP contribution in [0.3, 0.4) is 0 Å². The van der Waals surface area contributed by atoms with Gasteiger partial charge in [0.05, 0.1) is 48.0 Å². The van der Waals surface area contributed by atoms with Crippen LogP contribution in [0.15, 0.2) is 23.0 Å². The largest absolute Gasteiger partial charge is 0.449 e. The molecule has 23 heavy (non-hydrogen) atoms. The van der Waals surface area contributed by atoms with Gasteiger partial charge >= 0.3 is 5.56 Å². The molecule has 0 aliphatic heterocycles. The summed E-state index contributed by atoms with van der Waals surface area (Å²) in [5.74, 6) is 0.364. The second-order valence-electron chi connectivity index (χ2n) is 4.71. The fraction of sp³-hybridized carbons (Fsp3) is 0.250. The molecule has 0 saturated heterocycles. The molecule has 2 rings (SSSR count). The van der Waals surface area contributed by atoms with Crippen molar-refractivity contribution in [2.45, 2.75) is 26.3 Å². The van der Waals surface area contributed by atoms with Crippen molar-refractivity contribution >= 4 is 0 Å². The molecule has 0 fully saturated rings. The molecule has 1 aromatic heterocycles. The minimum Gasteiger partial charge on any atom is -0.449 e. The molecule has 0 radical (unpaired) electrons. The van der Waals surface area contributed by atoms with Gasteiger partial charge in [-0.3, -0.25) is 9.89 Å². The van der Waals surface area contributed by atoms with Crippen LogP contribution in [-0.2, 0) is 13.0 Å². The van der Waals surface area contributed by atoms with Crippen LogP contribution < -0.4 is 10.3 Å². The average Bonchev–Trinajstić information content (AvgIpc) is 2.88. The number of benzene rings is 1. The highest BCUT2D eigenvalue weighted by atomic mass is 16.5. The zero-order chi connectivity index (χ0) is 16.8. The van der Waals surface area contributed by atoms with E-state index in [1.54, 1.807) is 0 Å². The van der Waals surface area contributed by atoms with E-state index >= 15 is 0 Å². The molecule has 0 spiro atoms. The Morgan fingerprint density at radius 3 is 2.35 bits per heavy atom. The third kappa shape index (κ3) is 3.40. The van der Waals surface area contributed by atoms with E-state index in [9.17, 15) is 4.79 Å². The van der Waals surface area contributed by atoms with Gasteiger partial charge < -0.3 is 4.74 Å². The van der Waals surface area contributed by atoms with Gasteiger partial charge in [0.1, 0.15) is 5.75 Å². The first-order chi connectivity index (χ1) is 11.1. The molecule has 7 heteroatoms. The number of hydrogen-bond acceptors (Lipinski definition) is 5. The maximum Gasteiger partial charge on any atom is 0.309 e. The quantitative estimate of drug-likeness (QED) is 0.908. The third-order valence-electron chi connectivity index (χ3n) is 3.17. The molecular weight excluding hydrogens is 294 g/mol. The van der Waals surface area contributed by atoms with Gasteiger partial charge in [-0.1, -0.05) is 6.92 Å². The van der Waals surface area contributed by atoms with Crippen molar-refractivity contribution in [3.63, 3.8) is 0 Å². The van der Waals surface area contributed by atoms with E-state index in [2.05, 4.69) is 5.10 Å². The van der Waals surface area contributed by atoms with Crippen molar-refractivity contribution in [2.75, 3.05) is 0 Å². The van der Waals surface area contributed by atoms with Crippen LogP contribution in [0.5, 0.6) is 11.5 Å². The van der Waals surface area contributed by atoms with Gasteiger partial charge in [-0.2, -0.15) is 15.8 Å². The number of nitrogens with one attached hydrogen (secondary N) is 1. The van der Waals surface area contributed by atoms with E-state index < -0.39 is 0 Å². The highest BCUT2D eigenvalue weighted by molar-refractivity contribution is 5.47. The molecule has 7 nitrogen and oxygen atoms in total. The Kier molecular flexibility index (Phi) is 4.82. The molecule has 0 amide bonds. The maximum absolute atomic E-state index is 12.3. The van der Waals surface area contributed by atoms with Crippen molar-refractivity contribution in [3.8, 4) is 29.7 Å². The Balaban J connectivity index is 2.43. The zero-order valence-corrected chi connectivity index (χ0v) is 12.5. The fourth-order valence-electron chi connectivity index (χ4n) is 2.09. The van der Waals surface area contributed by atoms with Crippen molar-refractivity contribution in [1.29, 1.82) is 15.8 Å². The van der Waals surface area contributed by atoms with E-state index in [1.807, 2.05) is 25.1 Å². The van der Waals surface area contributed by atoms with Crippen LogP contribution in [0, 0.1) is 34.0 Å². The Morgan fingerprint density at radius 1 is 1.17 bits per heavy atom. The first-order valence-electron chi connectivity index (χ1n) is 6.94. The predicted molar refractivity (Wildman–Crippen MR) is 80.6 cm³/mol. The predicted octanol–water partition coefficient (Wildman–Crippen LogP) is 2.19. The summed E-state index contributed by atoms with van der Waals surface area (Å²) in [6, 6.07) is 10.2. The van der Waals surface area contributed by atoms with Gasteiger partial charge in [0, 0.05) is 0 Å². The van der Waals surface area contributed by atoms with Crippen LogP contribution in [-0.4, -0.2) is 9.78 Å². The number of H-pyrrole nitrogens is 1. The zero-order valence-electron chi connectivity index (χ0n) is 12.5. The lowest BCUT2D eigenvalue weighted by atomic mass is 10.1. The van der Waals surface area contributed by atoms with Gasteiger partial charge in [0.15, 0.2) is 0 Å². The van der Waals surface area contributed by atoms with Crippen LogP contribution >= 0.6 is 0 Å². The summed E-state index contributed by atoms with van der Waals surface area (Å²) >= 11 is 0. The highest BCUT2D eigenvalue weighted by Crippen LogP contribution is 2.24. The van der Waals surface area contributed by atoms with Crippen LogP contribution in [0.2, 0.25) is 0 Å². The van der Waals surface area contributed by atoms with Gasteiger partial charge in [-0.05, 0) is 24.6 Å². The Morgan fingerprint density at radius 2 is 1.83 bits per heavy atom. The smallest absolute Gasteiger partial charge is 0.309 e. The summed E-state index contributed by atoms with van der Waals surface area (Å²) in [6.07, 6.45) is 0.735. The van der Waals surface area contributed by atoms with Crippen molar-refractivity contribution in [1.82, 2.24) is 9.78 Å². The average molecular weight is 307 g/mol. The maximum atomic E-state index is 12.3. The van der Waals surface area contributed by atoms with Gasteiger partial charge in [0.25, 0.3) is 0 Å². The van der Waals surface area contributed by atoms with Crippen LogP contribution in [0.25, 0.3) is 0 Å². The number of hydrogen-bond donors (Lipinski definition) is 1. The molecule has 2 aromatic rings. The summed E-state index contributed by atoms with van der Waals surface area (Å²) in [7, 11) is 0. The standard InChI is InChI=1S/C16H13N5O2/c1-2-14-15(16(22)21(20-14)5-3-4-17)23-13-7-11(9-18)6-12(8-13)10-19/h6-8,20H,2-3,5H2,1H3. The normalized spacial score (nSPS) is 9.65. The summed E-state index contributed by atoms with van der Waals surface area (Å²) in [5.41, 5.74) is 0.765. The first-order valence-corrected chi connectivity index (χ1v) is 6.94. The van der Waals surface area contributed by atoms with Gasteiger partial charge in [-0.15, -0.1) is 0 Å². The molecule has 1 heterocycles. The minimum atomic E-state index is -0.377. The highest BCUT2D eigenvalue weighted by Gasteiger charge is 2.16. The van der Waals surface area contributed by atoms with E-state index in [-0.39, 0.29) is 41.2 Å². The Bertz CT molecular complexity index is 870. The first kappa shape index (κ1) is 15.9. The fourth-order valence-corrected chi connectivity index (χ4v) is 2.09. The molecule has 1 N–H and O–H groups in total. The topological polar surface area (TPSA) is 118 Å². The molecule has 114 valence electrons. The van der Waals surface area contributed by atoms with Crippen molar-refractivity contribution in [3.05, 3.63) is 45.4 Å². The van der Waals surface area contributed by atoms with Crippen molar-refractivity contribution in [2.24, 2.45) is 0 Å². The molecular formula is C16H13N5O2. The summed E-state index contributed by atoms with van der Waals surface area (Å²) in [6.45, 7) is 2.10. The number of rotatable bonds is 5. The number of nitriles is 3. The number of ether oxygens (including phenoxy) is 1. The summed E-state index contributed by atoms with van der Waals surface area (Å²) in [4.78, 5) is 12.3. The molecule has 0 aliphatic rings. The Hall–Kier alpha value is -3.50. The van der Waals surface area contributed by atoms with Crippen LogP contribution in [0.4, 0.5) is 0 Å². The third-order valence-corrected chi connectivity index (χ3v) is 3.17. The molecule has 0 saturated carbocycles. The number of aromatic amines is 1. The number of aromatic nitrogens is 2. The number of nitrogens with zero attached hydrogens (tertiary/aromatic N) is 4. The summed E-state index contributed by atoms with van der Waals surface area (Å²) in [5, 5.41) is 29.5. The lowest BCUT2D eigenvalue weighted by Gasteiger charge is -2.05. The van der Waals surface area contributed by atoms with E-state index in [0.29, 0.717) is 12.1 Å². The lowest BCUT2D eigenvalue weighted by molar-refractivity contribution is 0.469. The van der Waals surface area contributed by atoms with E-state index in [4.69, 9.17) is 20.5 Å². The van der Waals surface area contributed by atoms with Crippen LogP contribution in [0.1, 0.15) is 30.2 Å².